The van der Waals surface area contributed by atoms with Crippen LogP contribution in [0.25, 0.3) is 0 Å². The fourth-order valence-corrected chi connectivity index (χ4v) is 1.01. The molecule has 13 heavy (non-hydrogen) atoms. The molecule has 0 aliphatic rings. The second kappa shape index (κ2) is 5.36. The molecule has 0 aliphatic heterocycles. The molecule has 0 saturated heterocycles. The van der Waals surface area contributed by atoms with Crippen molar-refractivity contribution in [1.29, 1.82) is 0 Å². The molecule has 0 unspecified atom stereocenters. The summed E-state index contributed by atoms with van der Waals surface area (Å²) in [5.41, 5.74) is 5.24. The molecule has 0 amide bonds. The molecule has 1 heterocycles. The summed E-state index contributed by atoms with van der Waals surface area (Å²) in [6.45, 7) is 1.12. The van der Waals surface area contributed by atoms with Crippen LogP contribution < -0.4 is 5.73 Å². The van der Waals surface area contributed by atoms with Crippen LogP contribution in [0.3, 0.4) is 0 Å². The fraction of sp³-hybridized carbons (Fsp3) is 0.714. The number of nitrogens with two attached hydrogens (primary N) is 1. The second-order valence-corrected chi connectivity index (χ2v) is 2.75. The summed E-state index contributed by atoms with van der Waals surface area (Å²) >= 11 is 0. The SMILES string of the molecule is NCCC(=O)CCCn1cnnn1. The molecule has 1 rings (SSSR count). The minimum Gasteiger partial charge on any atom is -0.330 e. The van der Waals surface area contributed by atoms with Gasteiger partial charge in [-0.2, -0.15) is 0 Å². The number of hydrogen-bond acceptors (Lipinski definition) is 5. The molecule has 72 valence electrons. The number of carbonyl (C=O) groups excluding carboxylic acids is 1. The Kier molecular flexibility index (Phi) is 4.04. The van der Waals surface area contributed by atoms with Crippen LogP contribution in [-0.4, -0.2) is 32.5 Å². The first-order valence-corrected chi connectivity index (χ1v) is 4.25. The Morgan fingerprint density at radius 2 is 2.31 bits per heavy atom. The van der Waals surface area contributed by atoms with Crippen molar-refractivity contribution in [2.24, 2.45) is 5.73 Å². The molecule has 1 aromatic rings. The first-order chi connectivity index (χ1) is 6.33. The van der Waals surface area contributed by atoms with Crippen molar-refractivity contribution in [2.75, 3.05) is 6.54 Å². The van der Waals surface area contributed by atoms with E-state index in [0.29, 0.717) is 25.9 Å². The van der Waals surface area contributed by atoms with E-state index in [1.165, 1.54) is 6.33 Å². The molecule has 0 saturated carbocycles. The van der Waals surface area contributed by atoms with Gasteiger partial charge in [-0.05, 0) is 23.4 Å². The standard InChI is InChI=1S/C7H13N5O/c8-4-3-7(13)2-1-5-12-6-9-10-11-12/h6H,1-5,8H2. The normalized spacial score (nSPS) is 10.2. The van der Waals surface area contributed by atoms with Crippen molar-refractivity contribution in [1.82, 2.24) is 20.2 Å². The zero-order valence-corrected chi connectivity index (χ0v) is 7.39. The number of ketones is 1. The van der Waals surface area contributed by atoms with Crippen LogP contribution in [0.4, 0.5) is 0 Å². The van der Waals surface area contributed by atoms with Gasteiger partial charge in [-0.3, -0.25) is 4.79 Å². The Balaban J connectivity index is 2.11. The van der Waals surface area contributed by atoms with Crippen LogP contribution in [0.1, 0.15) is 19.3 Å². The number of hydrogen-bond donors (Lipinski definition) is 1. The molecule has 0 atom stereocenters. The molecular formula is C7H13N5O. The molecule has 0 aliphatic carbocycles. The molecule has 0 radical (unpaired) electrons. The number of carbonyl (C=O) groups is 1. The molecular weight excluding hydrogens is 170 g/mol. The van der Waals surface area contributed by atoms with Crippen molar-refractivity contribution in [3.05, 3.63) is 6.33 Å². The van der Waals surface area contributed by atoms with Crippen LogP contribution in [0.15, 0.2) is 6.33 Å². The number of aromatic nitrogens is 4. The summed E-state index contributed by atoms with van der Waals surface area (Å²) in [5, 5.41) is 10.6. The third-order valence-corrected chi connectivity index (χ3v) is 1.66. The monoisotopic (exact) mass is 183 g/mol. The van der Waals surface area contributed by atoms with Gasteiger partial charge in [-0.1, -0.05) is 0 Å². The summed E-state index contributed by atoms with van der Waals surface area (Å²) < 4.78 is 1.61. The van der Waals surface area contributed by atoms with Gasteiger partial charge in [0.15, 0.2) is 0 Å². The van der Waals surface area contributed by atoms with E-state index in [4.69, 9.17) is 5.73 Å². The molecule has 1 aromatic heterocycles. The molecule has 0 bridgehead atoms. The van der Waals surface area contributed by atoms with Crippen molar-refractivity contribution in [2.45, 2.75) is 25.8 Å². The van der Waals surface area contributed by atoms with E-state index in [0.717, 1.165) is 6.42 Å². The predicted octanol–water partition coefficient (Wildman–Crippen LogP) is -0.629. The Bertz CT molecular complexity index is 245. The van der Waals surface area contributed by atoms with E-state index >= 15 is 0 Å². The lowest BCUT2D eigenvalue weighted by atomic mass is 10.2. The van der Waals surface area contributed by atoms with Gasteiger partial charge in [-0.25, -0.2) is 4.68 Å². The summed E-state index contributed by atoms with van der Waals surface area (Å²) in [5.74, 6) is 0.204. The minimum absolute atomic E-state index is 0.204. The maximum atomic E-state index is 11.0. The number of aryl methyl sites for hydroxylation is 1. The van der Waals surface area contributed by atoms with E-state index in [1.54, 1.807) is 4.68 Å². The van der Waals surface area contributed by atoms with Crippen LogP contribution in [0.5, 0.6) is 0 Å². The van der Waals surface area contributed by atoms with Gasteiger partial charge in [0.05, 0.1) is 0 Å². The van der Waals surface area contributed by atoms with Crippen LogP contribution in [-0.2, 0) is 11.3 Å². The van der Waals surface area contributed by atoms with E-state index in [-0.39, 0.29) is 5.78 Å². The summed E-state index contributed by atoms with van der Waals surface area (Å²) in [6.07, 6.45) is 3.32. The fourth-order valence-electron chi connectivity index (χ4n) is 1.01. The lowest BCUT2D eigenvalue weighted by molar-refractivity contribution is -0.119. The molecule has 0 aromatic carbocycles. The average Bonchev–Trinajstić information content (AvgIpc) is 2.57. The lowest BCUT2D eigenvalue weighted by Gasteiger charge is -1.98. The van der Waals surface area contributed by atoms with Gasteiger partial charge in [-0.15, -0.1) is 5.10 Å². The van der Waals surface area contributed by atoms with E-state index in [2.05, 4.69) is 15.5 Å². The Labute approximate surface area is 76.1 Å². The maximum absolute atomic E-state index is 11.0. The number of rotatable bonds is 6. The predicted molar refractivity (Wildman–Crippen MR) is 45.7 cm³/mol. The molecule has 6 heteroatoms. The number of Topliss-reactive ketones (excluding diaryl/α,β-unsaturated/α-hetero) is 1. The molecule has 0 fully saturated rings. The number of nitrogens with zero attached hydrogens (tertiary/aromatic N) is 4. The highest BCUT2D eigenvalue weighted by atomic mass is 16.1. The minimum atomic E-state index is 0.204. The molecule has 6 nitrogen and oxygen atoms in total. The largest absolute Gasteiger partial charge is 0.330 e. The second-order valence-electron chi connectivity index (χ2n) is 2.75. The highest BCUT2D eigenvalue weighted by Gasteiger charge is 2.00. The van der Waals surface area contributed by atoms with E-state index in [9.17, 15) is 4.79 Å². The van der Waals surface area contributed by atoms with Gasteiger partial charge in [0.25, 0.3) is 0 Å². The zero-order chi connectivity index (χ0) is 9.52. The molecule has 2 N–H and O–H groups in total. The van der Waals surface area contributed by atoms with E-state index < -0.39 is 0 Å². The highest BCUT2D eigenvalue weighted by molar-refractivity contribution is 5.78. The van der Waals surface area contributed by atoms with Gasteiger partial charge in [0, 0.05) is 19.4 Å². The van der Waals surface area contributed by atoms with Crippen molar-refractivity contribution in [3.8, 4) is 0 Å². The first-order valence-electron chi connectivity index (χ1n) is 4.25. The van der Waals surface area contributed by atoms with Gasteiger partial charge in [0.2, 0.25) is 0 Å². The lowest BCUT2D eigenvalue weighted by Crippen LogP contribution is -2.09. The Hall–Kier alpha value is -1.30. The van der Waals surface area contributed by atoms with E-state index in [1.807, 2.05) is 0 Å². The topological polar surface area (TPSA) is 86.7 Å². The third kappa shape index (κ3) is 3.75. The van der Waals surface area contributed by atoms with Gasteiger partial charge in [0.1, 0.15) is 12.1 Å². The first kappa shape index (κ1) is 9.79. The van der Waals surface area contributed by atoms with Gasteiger partial charge >= 0.3 is 0 Å². The summed E-state index contributed by atoms with van der Waals surface area (Å²) in [6, 6.07) is 0. The quantitative estimate of drug-likeness (QED) is 0.634. The highest BCUT2D eigenvalue weighted by Crippen LogP contribution is 1.96. The summed E-state index contributed by atoms with van der Waals surface area (Å²) in [7, 11) is 0. The van der Waals surface area contributed by atoms with Crippen molar-refractivity contribution in [3.63, 3.8) is 0 Å². The summed E-state index contributed by atoms with van der Waals surface area (Å²) in [4.78, 5) is 11.0. The van der Waals surface area contributed by atoms with Crippen molar-refractivity contribution < 1.29 is 4.79 Å². The van der Waals surface area contributed by atoms with Gasteiger partial charge < -0.3 is 5.73 Å². The third-order valence-electron chi connectivity index (χ3n) is 1.66. The Morgan fingerprint density at radius 1 is 1.46 bits per heavy atom. The molecule has 0 spiro atoms. The van der Waals surface area contributed by atoms with Crippen molar-refractivity contribution >= 4 is 5.78 Å². The van der Waals surface area contributed by atoms with Crippen LogP contribution >= 0.6 is 0 Å². The number of tetrazole rings is 1. The smallest absolute Gasteiger partial charge is 0.138 e. The zero-order valence-electron chi connectivity index (χ0n) is 7.39. The van der Waals surface area contributed by atoms with Crippen LogP contribution in [0.2, 0.25) is 0 Å². The van der Waals surface area contributed by atoms with Crippen LogP contribution in [0, 0.1) is 0 Å². The maximum Gasteiger partial charge on any atom is 0.138 e. The Morgan fingerprint density at radius 3 is 2.92 bits per heavy atom. The average molecular weight is 183 g/mol.